The summed E-state index contributed by atoms with van der Waals surface area (Å²) in [6, 6.07) is 17.3. The molecule has 9 heteroatoms. The fourth-order valence-electron chi connectivity index (χ4n) is 4.21. The van der Waals surface area contributed by atoms with E-state index in [1.807, 2.05) is 35.9 Å². The van der Waals surface area contributed by atoms with Gasteiger partial charge in [-0.25, -0.2) is 13.4 Å². The normalized spacial score (nSPS) is 14.9. The number of rotatable bonds is 6. The van der Waals surface area contributed by atoms with Crippen molar-refractivity contribution >= 4 is 32.4 Å². The zero-order valence-corrected chi connectivity index (χ0v) is 18.9. The molecule has 168 valence electrons. The lowest BCUT2D eigenvalue weighted by Crippen LogP contribution is -2.41. The summed E-state index contributed by atoms with van der Waals surface area (Å²) in [4.78, 5) is 17.8. The summed E-state index contributed by atoms with van der Waals surface area (Å²) >= 11 is 0. The minimum absolute atomic E-state index is 0.221. The van der Waals surface area contributed by atoms with Crippen molar-refractivity contribution in [1.82, 2.24) is 14.9 Å². The van der Waals surface area contributed by atoms with Crippen LogP contribution in [0.1, 0.15) is 17.4 Å². The van der Waals surface area contributed by atoms with Crippen molar-refractivity contribution in [1.29, 1.82) is 0 Å². The molecule has 4 aromatic rings. The summed E-state index contributed by atoms with van der Waals surface area (Å²) in [6.45, 7) is -0.340. The second-order valence-corrected chi connectivity index (χ2v) is 9.64. The smallest absolute Gasteiger partial charge is 0.265 e. The maximum Gasteiger partial charge on any atom is 0.265 e. The van der Waals surface area contributed by atoms with E-state index in [-0.39, 0.29) is 11.4 Å². The number of nitrogens with one attached hydrogen (secondary N) is 1. The Morgan fingerprint density at radius 1 is 1.09 bits per heavy atom. The fourth-order valence-corrected chi connectivity index (χ4v) is 5.88. The Morgan fingerprint density at radius 3 is 2.48 bits per heavy atom. The number of hydrogen-bond acceptors (Lipinski definition) is 5. The van der Waals surface area contributed by atoms with Crippen molar-refractivity contribution in [3.8, 4) is 5.75 Å². The Hall–Kier alpha value is -3.85. The predicted octanol–water partition coefficient (Wildman–Crippen LogP) is 3.00. The van der Waals surface area contributed by atoms with Crippen LogP contribution in [0.3, 0.4) is 0 Å². The van der Waals surface area contributed by atoms with Crippen LogP contribution in [0.4, 0.5) is 5.69 Å². The first-order valence-corrected chi connectivity index (χ1v) is 11.8. The molecule has 0 radical (unpaired) electrons. The van der Waals surface area contributed by atoms with Gasteiger partial charge in [-0.1, -0.05) is 36.4 Å². The van der Waals surface area contributed by atoms with E-state index >= 15 is 0 Å². The number of aryl methyl sites for hydroxylation is 1. The van der Waals surface area contributed by atoms with Gasteiger partial charge in [0.2, 0.25) is 5.91 Å². The molecule has 1 amide bonds. The summed E-state index contributed by atoms with van der Waals surface area (Å²) in [6.07, 6.45) is 3.45. The molecule has 8 nitrogen and oxygen atoms in total. The second kappa shape index (κ2) is 7.93. The first-order chi connectivity index (χ1) is 15.9. The van der Waals surface area contributed by atoms with E-state index in [0.29, 0.717) is 22.6 Å². The van der Waals surface area contributed by atoms with Gasteiger partial charge >= 0.3 is 0 Å². The van der Waals surface area contributed by atoms with Gasteiger partial charge in [0.1, 0.15) is 24.2 Å². The van der Waals surface area contributed by atoms with E-state index in [1.54, 1.807) is 55.9 Å². The van der Waals surface area contributed by atoms with Crippen LogP contribution in [-0.2, 0) is 21.9 Å². The van der Waals surface area contributed by atoms with E-state index in [0.717, 1.165) is 10.9 Å². The van der Waals surface area contributed by atoms with Gasteiger partial charge in [-0.2, -0.15) is 0 Å². The standard InChI is InChI=1S/C24H22N4O4S/c1-27-14-13-25-24(27)23(17-9-11-18(32-2)12-10-17)26-21(29)15-28-19-7-3-5-16-6-4-8-20(22(16)19)33(28,30)31/h3-14,23H,15H2,1-2H3,(H,26,29)/t23-/m1/s1. The largest absolute Gasteiger partial charge is 0.497 e. The monoisotopic (exact) mass is 462 g/mol. The van der Waals surface area contributed by atoms with Gasteiger partial charge in [-0.3, -0.25) is 9.10 Å². The average molecular weight is 463 g/mol. The molecular formula is C24H22N4O4S. The number of benzene rings is 3. The molecule has 0 saturated carbocycles. The number of amides is 1. The summed E-state index contributed by atoms with van der Waals surface area (Å²) in [5.74, 6) is 0.882. The number of nitrogens with zero attached hydrogens (tertiary/aromatic N) is 3. The summed E-state index contributed by atoms with van der Waals surface area (Å²) in [7, 11) is -0.404. The molecule has 0 fully saturated rings. The number of carbonyl (C=O) groups is 1. The number of aromatic nitrogens is 2. The highest BCUT2D eigenvalue weighted by atomic mass is 32.2. The van der Waals surface area contributed by atoms with E-state index in [9.17, 15) is 13.2 Å². The quantitative estimate of drug-likeness (QED) is 0.476. The summed E-state index contributed by atoms with van der Waals surface area (Å²) in [5.41, 5.74) is 1.31. The number of ether oxygens (including phenoxy) is 1. The molecule has 0 unspecified atom stereocenters. The van der Waals surface area contributed by atoms with Crippen molar-refractivity contribution < 1.29 is 17.9 Å². The van der Waals surface area contributed by atoms with Gasteiger partial charge in [0.15, 0.2) is 0 Å². The van der Waals surface area contributed by atoms with Crippen LogP contribution < -0.4 is 14.4 Å². The Balaban J connectivity index is 1.46. The zero-order chi connectivity index (χ0) is 23.2. The Morgan fingerprint density at radius 2 is 1.82 bits per heavy atom. The van der Waals surface area contributed by atoms with Crippen LogP contribution in [0.5, 0.6) is 5.75 Å². The molecule has 1 aliphatic rings. The summed E-state index contributed by atoms with van der Waals surface area (Å²) < 4.78 is 34.7. The van der Waals surface area contributed by atoms with Gasteiger partial charge in [0.05, 0.1) is 17.7 Å². The highest BCUT2D eigenvalue weighted by molar-refractivity contribution is 7.93. The van der Waals surface area contributed by atoms with Crippen molar-refractivity contribution in [3.05, 3.63) is 84.4 Å². The van der Waals surface area contributed by atoms with Crippen LogP contribution >= 0.6 is 0 Å². The number of imidazole rings is 1. The summed E-state index contributed by atoms with van der Waals surface area (Å²) in [5, 5.41) is 4.43. The number of methoxy groups -OCH3 is 1. The number of sulfonamides is 1. The SMILES string of the molecule is COc1ccc([C@@H](NC(=O)CN2c3cccc4cccc(c34)S2(=O)=O)c2nccn2C)cc1. The lowest BCUT2D eigenvalue weighted by atomic mass is 10.1. The van der Waals surface area contributed by atoms with Crippen molar-refractivity contribution in [3.63, 3.8) is 0 Å². The second-order valence-electron chi connectivity index (χ2n) is 7.81. The molecule has 1 aliphatic heterocycles. The van der Waals surface area contributed by atoms with Gasteiger partial charge in [-0.05, 0) is 35.2 Å². The van der Waals surface area contributed by atoms with E-state index in [4.69, 9.17) is 4.74 Å². The van der Waals surface area contributed by atoms with E-state index < -0.39 is 22.0 Å². The average Bonchev–Trinajstić information content (AvgIpc) is 3.33. The van der Waals surface area contributed by atoms with Crippen LogP contribution in [0.15, 0.2) is 78.0 Å². The Bertz CT molecular complexity index is 1460. The van der Waals surface area contributed by atoms with Crippen molar-refractivity contribution in [2.45, 2.75) is 10.9 Å². The highest BCUT2D eigenvalue weighted by Crippen LogP contribution is 2.41. The van der Waals surface area contributed by atoms with Gasteiger partial charge in [-0.15, -0.1) is 0 Å². The van der Waals surface area contributed by atoms with E-state index in [2.05, 4.69) is 10.3 Å². The molecule has 1 atom stereocenters. The van der Waals surface area contributed by atoms with Crippen LogP contribution in [-0.4, -0.2) is 37.5 Å². The first kappa shape index (κ1) is 21.0. The maximum atomic E-state index is 13.2. The van der Waals surface area contributed by atoms with Gasteiger partial charge in [0, 0.05) is 24.8 Å². The molecular weight excluding hydrogens is 440 g/mol. The third-order valence-corrected chi connectivity index (χ3v) is 7.64. The van der Waals surface area contributed by atoms with Gasteiger partial charge < -0.3 is 14.6 Å². The lowest BCUT2D eigenvalue weighted by molar-refractivity contribution is -0.120. The number of carbonyl (C=O) groups excluding carboxylic acids is 1. The van der Waals surface area contributed by atoms with Gasteiger partial charge in [0.25, 0.3) is 10.0 Å². The topological polar surface area (TPSA) is 93.5 Å². The minimum atomic E-state index is -3.83. The molecule has 0 saturated heterocycles. The zero-order valence-electron chi connectivity index (χ0n) is 18.1. The van der Waals surface area contributed by atoms with Crippen molar-refractivity contribution in [2.75, 3.05) is 18.0 Å². The lowest BCUT2D eigenvalue weighted by Gasteiger charge is -2.22. The molecule has 5 rings (SSSR count). The Labute approximate surface area is 191 Å². The van der Waals surface area contributed by atoms with E-state index in [1.165, 1.54) is 4.31 Å². The number of anilines is 1. The highest BCUT2D eigenvalue weighted by Gasteiger charge is 2.37. The first-order valence-electron chi connectivity index (χ1n) is 10.3. The van der Waals surface area contributed by atoms with Crippen LogP contribution in [0.2, 0.25) is 0 Å². The molecule has 1 N–H and O–H groups in total. The third-order valence-electron chi connectivity index (χ3n) is 5.84. The predicted molar refractivity (Wildman–Crippen MR) is 125 cm³/mol. The molecule has 0 aliphatic carbocycles. The molecule has 0 bridgehead atoms. The Kier molecular flexibility index (Phi) is 5.05. The molecule has 33 heavy (non-hydrogen) atoms. The molecule has 1 aromatic heterocycles. The maximum absolute atomic E-state index is 13.2. The van der Waals surface area contributed by atoms with Crippen LogP contribution in [0.25, 0.3) is 10.8 Å². The number of hydrogen-bond donors (Lipinski definition) is 1. The molecule has 3 aromatic carbocycles. The fraction of sp³-hybridized carbons (Fsp3) is 0.167. The minimum Gasteiger partial charge on any atom is -0.497 e. The third kappa shape index (κ3) is 3.50. The van der Waals surface area contributed by atoms with Crippen LogP contribution in [0, 0.1) is 0 Å². The molecule has 0 spiro atoms. The van der Waals surface area contributed by atoms with Crippen molar-refractivity contribution in [2.24, 2.45) is 7.05 Å². The molecule has 2 heterocycles.